The average Bonchev–Trinajstić information content (AvgIpc) is 2.68. The van der Waals surface area contributed by atoms with Crippen LogP contribution in [0.1, 0.15) is 69.7 Å². The molecule has 1 amide bonds. The Labute approximate surface area is 166 Å². The van der Waals surface area contributed by atoms with Gasteiger partial charge in [-0.15, -0.1) is 0 Å². The van der Waals surface area contributed by atoms with Crippen LogP contribution in [0, 0.1) is 20.2 Å². The van der Waals surface area contributed by atoms with Crippen LogP contribution in [0.25, 0.3) is 0 Å². The maximum absolute atomic E-state index is 12.9. The van der Waals surface area contributed by atoms with E-state index in [4.69, 9.17) is 0 Å². The SMILES string of the molecule is CCCCP(CCCC)(CCCC)=NC(=O)c1cc([N+](=O)[O-])cc([N+](=O)[O-])c1. The molecule has 1 aromatic carbocycles. The molecule has 0 fully saturated rings. The maximum atomic E-state index is 12.9. The Bertz CT molecular complexity index is 703. The summed E-state index contributed by atoms with van der Waals surface area (Å²) in [4.78, 5) is 33.7. The van der Waals surface area contributed by atoms with Crippen LogP contribution in [-0.4, -0.2) is 34.2 Å². The Morgan fingerprint density at radius 3 is 1.57 bits per heavy atom. The summed E-state index contributed by atoms with van der Waals surface area (Å²) in [6.07, 6.45) is 8.60. The van der Waals surface area contributed by atoms with Crippen LogP contribution in [0.15, 0.2) is 22.9 Å². The zero-order valence-corrected chi connectivity index (χ0v) is 17.8. The number of nitrogens with zero attached hydrogens (tertiary/aromatic N) is 3. The molecule has 156 valence electrons. The second kappa shape index (κ2) is 11.7. The lowest BCUT2D eigenvalue weighted by Crippen LogP contribution is -2.06. The lowest BCUT2D eigenvalue weighted by Gasteiger charge is -2.24. The number of non-ortho nitro benzene ring substituents is 2. The number of nitro benzene ring substituents is 2. The molecule has 9 heteroatoms. The van der Waals surface area contributed by atoms with Crippen LogP contribution in [0.4, 0.5) is 11.4 Å². The molecule has 0 saturated heterocycles. The fourth-order valence-corrected chi connectivity index (χ4v) is 7.21. The summed E-state index contributed by atoms with van der Waals surface area (Å²) in [6, 6.07) is 3.05. The van der Waals surface area contributed by atoms with Crippen LogP contribution in [0.2, 0.25) is 0 Å². The van der Waals surface area contributed by atoms with Gasteiger partial charge in [-0.1, -0.05) is 40.0 Å². The number of unbranched alkanes of at least 4 members (excludes halogenated alkanes) is 3. The van der Waals surface area contributed by atoms with E-state index in [9.17, 15) is 25.0 Å². The van der Waals surface area contributed by atoms with Gasteiger partial charge in [0.25, 0.3) is 17.3 Å². The lowest BCUT2D eigenvalue weighted by molar-refractivity contribution is -0.394. The summed E-state index contributed by atoms with van der Waals surface area (Å²) in [5.74, 6) is -0.566. The van der Waals surface area contributed by atoms with Gasteiger partial charge in [0.15, 0.2) is 0 Å². The lowest BCUT2D eigenvalue weighted by atomic mass is 10.1. The fraction of sp³-hybridized carbons (Fsp3) is 0.632. The van der Waals surface area contributed by atoms with Gasteiger partial charge in [0.2, 0.25) is 0 Å². The van der Waals surface area contributed by atoms with E-state index in [-0.39, 0.29) is 5.56 Å². The van der Waals surface area contributed by atoms with Crippen molar-refractivity contribution < 1.29 is 14.6 Å². The average molecular weight is 411 g/mol. The van der Waals surface area contributed by atoms with Crippen LogP contribution in [0.5, 0.6) is 0 Å². The Balaban J connectivity index is 3.43. The van der Waals surface area contributed by atoms with E-state index in [0.29, 0.717) is 0 Å². The first-order valence-electron chi connectivity index (χ1n) is 9.86. The number of hydrogen-bond donors (Lipinski definition) is 0. The minimum Gasteiger partial charge on any atom is -0.267 e. The number of nitro groups is 2. The van der Waals surface area contributed by atoms with Crippen molar-refractivity contribution in [2.45, 2.75) is 59.3 Å². The molecule has 28 heavy (non-hydrogen) atoms. The van der Waals surface area contributed by atoms with Crippen molar-refractivity contribution in [3.8, 4) is 0 Å². The van der Waals surface area contributed by atoms with Crippen molar-refractivity contribution >= 4 is 24.3 Å². The number of carbonyl (C=O) groups excluding carboxylic acids is 1. The molecule has 0 saturated carbocycles. The number of carbonyl (C=O) groups is 1. The first kappa shape index (κ1) is 24.0. The van der Waals surface area contributed by atoms with Crippen molar-refractivity contribution in [2.24, 2.45) is 4.74 Å². The minimum absolute atomic E-state index is 0.0743. The van der Waals surface area contributed by atoms with E-state index in [1.807, 2.05) is 0 Å². The zero-order valence-electron chi connectivity index (χ0n) is 16.9. The highest BCUT2D eigenvalue weighted by Crippen LogP contribution is 2.52. The second-order valence-corrected chi connectivity index (χ2v) is 10.7. The Morgan fingerprint density at radius 1 is 0.857 bits per heavy atom. The zero-order chi connectivity index (χ0) is 21.2. The summed E-state index contributed by atoms with van der Waals surface area (Å²) in [7, 11) is -1.91. The van der Waals surface area contributed by atoms with Gasteiger partial charge in [-0.25, -0.2) is 4.74 Å². The summed E-state index contributed by atoms with van der Waals surface area (Å²) < 4.78 is 4.62. The molecule has 0 N–H and O–H groups in total. The molecule has 0 atom stereocenters. The molecule has 0 bridgehead atoms. The monoisotopic (exact) mass is 411 g/mol. The van der Waals surface area contributed by atoms with Gasteiger partial charge in [-0.2, -0.15) is 0 Å². The fourth-order valence-electron chi connectivity index (χ4n) is 3.02. The van der Waals surface area contributed by atoms with Crippen molar-refractivity contribution in [3.63, 3.8) is 0 Å². The third kappa shape index (κ3) is 7.15. The third-order valence-electron chi connectivity index (χ3n) is 4.66. The molecule has 0 aromatic heterocycles. The van der Waals surface area contributed by atoms with E-state index < -0.39 is 34.2 Å². The Morgan fingerprint density at radius 2 is 1.25 bits per heavy atom. The highest BCUT2D eigenvalue weighted by Gasteiger charge is 2.24. The van der Waals surface area contributed by atoms with Crippen molar-refractivity contribution in [2.75, 3.05) is 18.5 Å². The molecule has 1 rings (SSSR count). The molecule has 0 aliphatic heterocycles. The topological polar surface area (TPSA) is 116 Å². The highest BCUT2D eigenvalue weighted by molar-refractivity contribution is 7.66. The van der Waals surface area contributed by atoms with Gasteiger partial charge < -0.3 is 0 Å². The molecule has 0 aliphatic carbocycles. The molecule has 0 spiro atoms. The largest absolute Gasteiger partial charge is 0.277 e. The number of rotatable bonds is 12. The summed E-state index contributed by atoms with van der Waals surface area (Å²) in [6.45, 7) is 6.29. The Hall–Kier alpha value is -2.08. The molecule has 0 radical (unpaired) electrons. The van der Waals surface area contributed by atoms with Crippen LogP contribution >= 0.6 is 7.05 Å². The maximum Gasteiger partial charge on any atom is 0.277 e. The van der Waals surface area contributed by atoms with Crippen molar-refractivity contribution in [1.82, 2.24) is 0 Å². The van der Waals surface area contributed by atoms with Crippen LogP contribution in [-0.2, 0) is 0 Å². The molecule has 0 heterocycles. The van der Waals surface area contributed by atoms with E-state index in [0.717, 1.165) is 75.2 Å². The molecule has 8 nitrogen and oxygen atoms in total. The standard InChI is InChI=1S/C19H30N3O5P/c1-4-7-10-28(11-8-5-2,12-9-6-3)20-19(23)16-13-17(21(24)25)15-18(14-16)22(26)27/h13-15H,4-12H2,1-3H3. The summed E-state index contributed by atoms with van der Waals surface area (Å²) >= 11 is 0. The minimum atomic E-state index is -1.91. The van der Waals surface area contributed by atoms with E-state index >= 15 is 0 Å². The number of benzene rings is 1. The van der Waals surface area contributed by atoms with Crippen LogP contribution < -0.4 is 0 Å². The number of hydrogen-bond acceptors (Lipinski definition) is 5. The van der Waals surface area contributed by atoms with E-state index in [1.54, 1.807) is 0 Å². The van der Waals surface area contributed by atoms with Gasteiger partial charge in [0, 0.05) is 12.1 Å². The molecule has 1 aromatic rings. The molecule has 0 unspecified atom stereocenters. The first-order valence-corrected chi connectivity index (χ1v) is 12.2. The van der Waals surface area contributed by atoms with Gasteiger partial charge in [-0.3, -0.25) is 25.0 Å². The van der Waals surface area contributed by atoms with Crippen molar-refractivity contribution in [3.05, 3.63) is 44.0 Å². The van der Waals surface area contributed by atoms with Gasteiger partial charge >= 0.3 is 0 Å². The summed E-state index contributed by atoms with van der Waals surface area (Å²) in [5, 5.41) is 22.2. The molecular formula is C19H30N3O5P. The van der Waals surface area contributed by atoms with E-state index in [1.165, 1.54) is 0 Å². The Kier molecular flexibility index (Phi) is 10.0. The van der Waals surface area contributed by atoms with Crippen molar-refractivity contribution in [1.29, 1.82) is 0 Å². The normalized spacial score (nSPS) is 11.2. The second-order valence-electron chi connectivity index (χ2n) is 6.98. The third-order valence-corrected chi connectivity index (χ3v) is 8.71. The smallest absolute Gasteiger partial charge is 0.267 e. The molecular weight excluding hydrogens is 381 g/mol. The van der Waals surface area contributed by atoms with Crippen LogP contribution in [0.3, 0.4) is 0 Å². The predicted octanol–water partition coefficient (Wildman–Crippen LogP) is 6.24. The van der Waals surface area contributed by atoms with Gasteiger partial charge in [0.05, 0.1) is 21.5 Å². The first-order chi connectivity index (χ1) is 13.3. The summed E-state index contributed by atoms with van der Waals surface area (Å²) in [5.41, 5.74) is -1.01. The number of amides is 1. The highest BCUT2D eigenvalue weighted by atomic mass is 31.2. The quantitative estimate of drug-likeness (QED) is 0.229. The van der Waals surface area contributed by atoms with Gasteiger partial charge in [-0.05, 0) is 44.8 Å². The van der Waals surface area contributed by atoms with E-state index in [2.05, 4.69) is 25.5 Å². The predicted molar refractivity (Wildman–Crippen MR) is 113 cm³/mol. The van der Waals surface area contributed by atoms with Gasteiger partial charge in [0.1, 0.15) is 0 Å². The molecule has 0 aliphatic rings.